The van der Waals surface area contributed by atoms with E-state index in [0.717, 1.165) is 5.56 Å². The second kappa shape index (κ2) is 13.0. The Morgan fingerprint density at radius 2 is 1.98 bits per heavy atom. The molecule has 0 radical (unpaired) electrons. The molecule has 2 amide bonds. The van der Waals surface area contributed by atoms with Gasteiger partial charge in [-0.1, -0.05) is 19.1 Å². The molecule has 2 aromatic rings. The molecule has 1 aliphatic heterocycles. The molecule has 1 aliphatic carbocycles. The van der Waals surface area contributed by atoms with Crippen LogP contribution in [0.2, 0.25) is 0 Å². The summed E-state index contributed by atoms with van der Waals surface area (Å²) in [5.74, 6) is 0.0265. The van der Waals surface area contributed by atoms with Crippen molar-refractivity contribution in [3.63, 3.8) is 0 Å². The maximum Gasteiger partial charge on any atom is 0.247 e. The largest absolute Gasteiger partial charge is 0.497 e. The second-order valence-corrected chi connectivity index (χ2v) is 9.84. The van der Waals surface area contributed by atoms with Crippen LogP contribution >= 0.6 is 0 Å². The van der Waals surface area contributed by atoms with E-state index in [1.165, 1.54) is 13.2 Å². The van der Waals surface area contributed by atoms with Gasteiger partial charge in [-0.15, -0.1) is 0 Å². The van der Waals surface area contributed by atoms with Crippen LogP contribution < -0.4 is 19.5 Å². The number of methoxy groups -OCH3 is 2. The van der Waals surface area contributed by atoms with Crippen molar-refractivity contribution < 1.29 is 38.8 Å². The third-order valence-corrected chi connectivity index (χ3v) is 7.33. The fraction of sp³-hybridized carbons (Fsp3) is 0.433. The van der Waals surface area contributed by atoms with Gasteiger partial charge in [0.05, 0.1) is 32.8 Å². The van der Waals surface area contributed by atoms with Crippen LogP contribution in [0.5, 0.6) is 17.2 Å². The third kappa shape index (κ3) is 5.83. The van der Waals surface area contributed by atoms with E-state index in [1.54, 1.807) is 24.2 Å². The van der Waals surface area contributed by atoms with Crippen LogP contribution in [-0.2, 0) is 16.0 Å². The highest BCUT2D eigenvalue weighted by atomic mass is 16.5. The zero-order valence-corrected chi connectivity index (χ0v) is 23.0. The number of ether oxygens (including phenoxy) is 3. The highest BCUT2D eigenvalue weighted by Crippen LogP contribution is 2.51. The predicted molar refractivity (Wildman–Crippen MR) is 147 cm³/mol. The van der Waals surface area contributed by atoms with Crippen molar-refractivity contribution in [1.82, 2.24) is 10.2 Å². The van der Waals surface area contributed by atoms with Gasteiger partial charge in [-0.3, -0.25) is 14.4 Å². The molecule has 4 atom stereocenters. The highest BCUT2D eigenvalue weighted by molar-refractivity contribution is 5.96. The molecule has 0 fully saturated rings. The van der Waals surface area contributed by atoms with Crippen LogP contribution in [0.25, 0.3) is 0 Å². The number of benzene rings is 2. The normalized spacial score (nSPS) is 20.9. The SMILES string of the molecule is CCCC(=O)N(CCc1cccc(OC)c1)[C@@H]1C=C(C(=O)NCCO)[C@@H]2c3cc(C=O)cc(OC)c3O[C@@H]2[C@H]1O. The summed E-state index contributed by atoms with van der Waals surface area (Å²) in [6.45, 7) is 1.97. The number of hydrogen-bond donors (Lipinski definition) is 3. The highest BCUT2D eigenvalue weighted by Gasteiger charge is 2.51. The molecule has 0 saturated heterocycles. The minimum absolute atomic E-state index is 0.0283. The quantitative estimate of drug-likeness (QED) is 0.341. The molecule has 3 N–H and O–H groups in total. The van der Waals surface area contributed by atoms with Gasteiger partial charge < -0.3 is 34.6 Å². The summed E-state index contributed by atoms with van der Waals surface area (Å²) >= 11 is 0. The number of carbonyl (C=O) groups excluding carboxylic acids is 3. The molecule has 4 rings (SSSR count). The van der Waals surface area contributed by atoms with Crippen molar-refractivity contribution in [3.05, 3.63) is 64.7 Å². The molecule has 1 heterocycles. The average Bonchev–Trinajstić information content (AvgIpc) is 3.36. The molecule has 10 nitrogen and oxygen atoms in total. The standard InChI is InChI=1S/C30H36N2O8/c1-4-6-25(35)32(11-9-18-7-5-8-20(13-18)38-2)23-16-22(30(37)31-10-12-33)26-21-14-19(17-34)15-24(39-3)28(21)40-29(26)27(23)36/h5,7-8,13-17,23,26-27,29,33,36H,4,6,9-12H2,1-3H3,(H,31,37)/t23-,26+,27+,29+/m1/s1. The van der Waals surface area contributed by atoms with Gasteiger partial charge in [-0.05, 0) is 48.7 Å². The van der Waals surface area contributed by atoms with Gasteiger partial charge in [-0.25, -0.2) is 0 Å². The Morgan fingerprint density at radius 1 is 1.18 bits per heavy atom. The van der Waals surface area contributed by atoms with Gasteiger partial charge in [0.1, 0.15) is 24.2 Å². The third-order valence-electron chi connectivity index (χ3n) is 7.33. The number of carbonyl (C=O) groups is 3. The lowest BCUT2D eigenvalue weighted by atomic mass is 9.77. The number of amides is 2. The van der Waals surface area contributed by atoms with Crippen LogP contribution in [0.4, 0.5) is 0 Å². The van der Waals surface area contributed by atoms with Crippen LogP contribution in [-0.4, -0.2) is 85.4 Å². The molecule has 2 aromatic carbocycles. The zero-order valence-electron chi connectivity index (χ0n) is 23.0. The van der Waals surface area contributed by atoms with Crippen LogP contribution in [0.3, 0.4) is 0 Å². The van der Waals surface area contributed by atoms with E-state index in [2.05, 4.69) is 5.32 Å². The summed E-state index contributed by atoms with van der Waals surface area (Å²) < 4.78 is 17.0. The van der Waals surface area contributed by atoms with Gasteiger partial charge in [0.15, 0.2) is 11.5 Å². The van der Waals surface area contributed by atoms with Gasteiger partial charge in [0.2, 0.25) is 11.8 Å². The molecular formula is C30H36N2O8. The molecule has 0 spiro atoms. The van der Waals surface area contributed by atoms with Crippen LogP contribution in [0.15, 0.2) is 48.0 Å². The number of nitrogens with zero attached hydrogens (tertiary/aromatic N) is 1. The smallest absolute Gasteiger partial charge is 0.247 e. The topological polar surface area (TPSA) is 135 Å². The predicted octanol–water partition coefficient (Wildman–Crippen LogP) is 2.01. The Bertz CT molecular complexity index is 1280. The molecular weight excluding hydrogens is 516 g/mol. The number of aliphatic hydroxyl groups excluding tert-OH is 2. The average molecular weight is 553 g/mol. The number of rotatable bonds is 12. The summed E-state index contributed by atoms with van der Waals surface area (Å²) in [7, 11) is 3.04. The maximum absolute atomic E-state index is 13.4. The summed E-state index contributed by atoms with van der Waals surface area (Å²) in [4.78, 5) is 40.0. The zero-order chi connectivity index (χ0) is 28.8. The Kier molecular flexibility index (Phi) is 9.44. The molecule has 0 unspecified atom stereocenters. The van der Waals surface area contributed by atoms with Crippen molar-refractivity contribution >= 4 is 18.1 Å². The summed E-state index contributed by atoms with van der Waals surface area (Å²) in [6.07, 6.45) is 1.60. The first-order valence-electron chi connectivity index (χ1n) is 13.4. The van der Waals surface area contributed by atoms with E-state index >= 15 is 0 Å². The fourth-order valence-electron chi connectivity index (χ4n) is 5.43. The van der Waals surface area contributed by atoms with E-state index in [1.807, 2.05) is 31.2 Å². The molecule has 2 aliphatic rings. The van der Waals surface area contributed by atoms with E-state index < -0.39 is 30.1 Å². The number of fused-ring (bicyclic) bond motifs is 3. The Morgan fingerprint density at radius 3 is 2.65 bits per heavy atom. The molecule has 10 heteroatoms. The van der Waals surface area contributed by atoms with Crippen molar-refractivity contribution in [2.24, 2.45) is 0 Å². The molecule has 214 valence electrons. The number of aldehydes is 1. The molecule has 0 aromatic heterocycles. The van der Waals surface area contributed by atoms with Crippen molar-refractivity contribution in [3.8, 4) is 17.2 Å². The Labute approximate surface area is 233 Å². The van der Waals surface area contributed by atoms with Crippen molar-refractivity contribution in [1.29, 1.82) is 0 Å². The molecule has 0 bridgehead atoms. The summed E-state index contributed by atoms with van der Waals surface area (Å²) in [5.41, 5.74) is 2.12. The van der Waals surface area contributed by atoms with Crippen molar-refractivity contribution in [2.45, 2.75) is 50.4 Å². The number of aliphatic hydroxyl groups is 2. The first-order chi connectivity index (χ1) is 19.4. The van der Waals surface area contributed by atoms with Crippen LogP contribution in [0, 0.1) is 0 Å². The molecule has 40 heavy (non-hydrogen) atoms. The lowest BCUT2D eigenvalue weighted by Crippen LogP contribution is -2.56. The Hall–Kier alpha value is -3.89. The molecule has 0 saturated carbocycles. The minimum Gasteiger partial charge on any atom is -0.497 e. The summed E-state index contributed by atoms with van der Waals surface area (Å²) in [6, 6.07) is 9.86. The lowest BCUT2D eigenvalue weighted by molar-refractivity contribution is -0.137. The van der Waals surface area contributed by atoms with E-state index in [0.29, 0.717) is 54.0 Å². The Balaban J connectivity index is 1.76. The monoisotopic (exact) mass is 552 g/mol. The fourth-order valence-corrected chi connectivity index (χ4v) is 5.43. The van der Waals surface area contributed by atoms with E-state index in [-0.39, 0.29) is 31.1 Å². The van der Waals surface area contributed by atoms with Gasteiger partial charge in [0.25, 0.3) is 0 Å². The van der Waals surface area contributed by atoms with E-state index in [4.69, 9.17) is 14.2 Å². The number of hydrogen-bond acceptors (Lipinski definition) is 8. The number of nitrogens with one attached hydrogen (secondary N) is 1. The van der Waals surface area contributed by atoms with Gasteiger partial charge >= 0.3 is 0 Å². The summed E-state index contributed by atoms with van der Waals surface area (Å²) in [5, 5.41) is 23.7. The lowest BCUT2D eigenvalue weighted by Gasteiger charge is -2.41. The van der Waals surface area contributed by atoms with Gasteiger partial charge in [0, 0.05) is 36.2 Å². The van der Waals surface area contributed by atoms with E-state index in [9.17, 15) is 24.6 Å². The maximum atomic E-state index is 13.4. The van der Waals surface area contributed by atoms with Crippen molar-refractivity contribution in [2.75, 3.05) is 33.9 Å². The minimum atomic E-state index is -1.18. The van der Waals surface area contributed by atoms with Gasteiger partial charge in [-0.2, -0.15) is 0 Å². The first kappa shape index (κ1) is 29.1. The first-order valence-corrected chi connectivity index (χ1v) is 13.4. The van der Waals surface area contributed by atoms with Crippen LogP contribution in [0.1, 0.15) is 47.2 Å². The second-order valence-electron chi connectivity index (χ2n) is 9.84.